The van der Waals surface area contributed by atoms with Gasteiger partial charge in [0.25, 0.3) is 5.91 Å². The molecule has 0 fully saturated rings. The Bertz CT molecular complexity index is 678. The smallest absolute Gasteiger partial charge is 0.262 e. The van der Waals surface area contributed by atoms with Gasteiger partial charge in [0.1, 0.15) is 0 Å². The van der Waals surface area contributed by atoms with Crippen LogP contribution in [0.5, 0.6) is 0 Å². The number of nitrogens with one attached hydrogen (secondary N) is 2. The Hall–Kier alpha value is -2.88. The predicted octanol–water partition coefficient (Wildman–Crippen LogP) is 2.40. The standard InChI is InChI=1S/C18H18N2O2/c1-14-7-5-6-10-16(14)11-12-17(21)19-20-18(22)13-15-8-3-2-4-9-15/h2-12H,13H2,1H3,(H,19,21)(H,20,22)/b12-11+. The number of hydrazine groups is 1. The second-order valence-corrected chi connectivity index (χ2v) is 4.89. The normalized spacial score (nSPS) is 10.4. The molecule has 0 aliphatic rings. The van der Waals surface area contributed by atoms with Gasteiger partial charge in [0.2, 0.25) is 5.91 Å². The molecule has 2 aromatic rings. The van der Waals surface area contributed by atoms with Crippen LogP contribution in [0.2, 0.25) is 0 Å². The van der Waals surface area contributed by atoms with E-state index in [-0.39, 0.29) is 18.2 Å². The van der Waals surface area contributed by atoms with E-state index in [0.717, 1.165) is 16.7 Å². The van der Waals surface area contributed by atoms with E-state index in [2.05, 4.69) is 10.9 Å². The van der Waals surface area contributed by atoms with E-state index in [1.165, 1.54) is 6.08 Å². The van der Waals surface area contributed by atoms with Crippen LogP contribution >= 0.6 is 0 Å². The van der Waals surface area contributed by atoms with Crippen LogP contribution in [0.25, 0.3) is 6.08 Å². The fourth-order valence-electron chi connectivity index (χ4n) is 1.94. The fraction of sp³-hybridized carbons (Fsp3) is 0.111. The lowest BCUT2D eigenvalue weighted by molar-refractivity contribution is -0.126. The molecule has 2 rings (SSSR count). The first kappa shape index (κ1) is 15.5. The SMILES string of the molecule is Cc1ccccc1/C=C/C(=O)NNC(=O)Cc1ccccc1. The Labute approximate surface area is 129 Å². The number of carbonyl (C=O) groups excluding carboxylic acids is 2. The van der Waals surface area contributed by atoms with Crippen molar-refractivity contribution in [3.8, 4) is 0 Å². The maximum absolute atomic E-state index is 11.7. The third-order valence-electron chi connectivity index (χ3n) is 3.14. The monoisotopic (exact) mass is 294 g/mol. The van der Waals surface area contributed by atoms with Gasteiger partial charge in [-0.05, 0) is 29.7 Å². The van der Waals surface area contributed by atoms with Gasteiger partial charge in [0.15, 0.2) is 0 Å². The first-order chi connectivity index (χ1) is 10.6. The van der Waals surface area contributed by atoms with Gasteiger partial charge >= 0.3 is 0 Å². The molecule has 22 heavy (non-hydrogen) atoms. The maximum atomic E-state index is 11.7. The Kier molecular flexibility index (Phi) is 5.49. The van der Waals surface area contributed by atoms with Crippen molar-refractivity contribution < 1.29 is 9.59 Å². The van der Waals surface area contributed by atoms with Gasteiger partial charge < -0.3 is 0 Å². The third kappa shape index (κ3) is 4.90. The average molecular weight is 294 g/mol. The molecule has 0 heterocycles. The second kappa shape index (κ2) is 7.78. The molecule has 0 spiro atoms. The van der Waals surface area contributed by atoms with Crippen LogP contribution in [0.15, 0.2) is 60.7 Å². The Morgan fingerprint density at radius 1 is 0.955 bits per heavy atom. The molecule has 2 aromatic carbocycles. The van der Waals surface area contributed by atoms with Gasteiger partial charge in [-0.15, -0.1) is 0 Å². The van der Waals surface area contributed by atoms with Crippen LogP contribution < -0.4 is 10.9 Å². The molecule has 0 aliphatic carbocycles. The van der Waals surface area contributed by atoms with Crippen LogP contribution in [-0.4, -0.2) is 11.8 Å². The molecule has 0 bridgehead atoms. The Balaban J connectivity index is 1.80. The summed E-state index contributed by atoms with van der Waals surface area (Å²) in [5.74, 6) is -0.631. The lowest BCUT2D eigenvalue weighted by atomic mass is 10.1. The van der Waals surface area contributed by atoms with Gasteiger partial charge in [-0.1, -0.05) is 54.6 Å². The summed E-state index contributed by atoms with van der Waals surface area (Å²) in [6.45, 7) is 1.97. The topological polar surface area (TPSA) is 58.2 Å². The highest BCUT2D eigenvalue weighted by Gasteiger charge is 2.03. The number of hydrogen-bond donors (Lipinski definition) is 2. The van der Waals surface area contributed by atoms with E-state index in [4.69, 9.17) is 0 Å². The summed E-state index contributed by atoms with van der Waals surface area (Å²) in [6.07, 6.45) is 3.34. The molecule has 0 radical (unpaired) electrons. The van der Waals surface area contributed by atoms with Crippen molar-refractivity contribution >= 4 is 17.9 Å². The van der Waals surface area contributed by atoms with Crippen molar-refractivity contribution in [2.45, 2.75) is 13.3 Å². The van der Waals surface area contributed by atoms with Gasteiger partial charge in [-0.25, -0.2) is 0 Å². The number of rotatable bonds is 4. The summed E-state index contributed by atoms with van der Waals surface area (Å²) in [6, 6.07) is 17.1. The van der Waals surface area contributed by atoms with Gasteiger partial charge in [-0.3, -0.25) is 20.4 Å². The molecule has 0 atom stereocenters. The van der Waals surface area contributed by atoms with E-state index in [9.17, 15) is 9.59 Å². The number of hydrogen-bond acceptors (Lipinski definition) is 2. The molecule has 0 saturated heterocycles. The average Bonchev–Trinajstić information content (AvgIpc) is 2.53. The zero-order valence-electron chi connectivity index (χ0n) is 12.4. The molecular formula is C18H18N2O2. The van der Waals surface area contributed by atoms with Gasteiger partial charge in [-0.2, -0.15) is 0 Å². The summed E-state index contributed by atoms with van der Waals surface area (Å²) in [5.41, 5.74) is 7.70. The molecule has 112 valence electrons. The van der Waals surface area contributed by atoms with Crippen LogP contribution in [0.1, 0.15) is 16.7 Å². The fourth-order valence-corrected chi connectivity index (χ4v) is 1.94. The summed E-state index contributed by atoms with van der Waals surface area (Å²) in [7, 11) is 0. The number of amides is 2. The van der Waals surface area contributed by atoms with Crippen molar-refractivity contribution in [1.29, 1.82) is 0 Å². The number of carbonyl (C=O) groups is 2. The van der Waals surface area contributed by atoms with Crippen LogP contribution in [0.4, 0.5) is 0 Å². The van der Waals surface area contributed by atoms with Gasteiger partial charge in [0.05, 0.1) is 6.42 Å². The van der Waals surface area contributed by atoms with Crippen molar-refractivity contribution in [3.05, 3.63) is 77.4 Å². The highest BCUT2D eigenvalue weighted by molar-refractivity contribution is 5.93. The zero-order chi connectivity index (χ0) is 15.8. The molecular weight excluding hydrogens is 276 g/mol. The van der Waals surface area contributed by atoms with Crippen LogP contribution in [-0.2, 0) is 16.0 Å². The van der Waals surface area contributed by atoms with Crippen molar-refractivity contribution in [1.82, 2.24) is 10.9 Å². The van der Waals surface area contributed by atoms with Crippen molar-refractivity contribution in [2.75, 3.05) is 0 Å². The highest BCUT2D eigenvalue weighted by Crippen LogP contribution is 2.08. The molecule has 4 nitrogen and oxygen atoms in total. The zero-order valence-corrected chi connectivity index (χ0v) is 12.4. The van der Waals surface area contributed by atoms with E-state index in [1.807, 2.05) is 61.5 Å². The molecule has 2 N–H and O–H groups in total. The van der Waals surface area contributed by atoms with E-state index in [0.29, 0.717) is 0 Å². The summed E-state index contributed by atoms with van der Waals surface area (Å²) < 4.78 is 0. The molecule has 0 unspecified atom stereocenters. The number of aryl methyl sites for hydroxylation is 1. The minimum absolute atomic E-state index is 0.225. The molecule has 2 amide bonds. The van der Waals surface area contributed by atoms with Crippen LogP contribution in [0, 0.1) is 6.92 Å². The van der Waals surface area contributed by atoms with E-state index >= 15 is 0 Å². The Morgan fingerprint density at radius 3 is 2.36 bits per heavy atom. The van der Waals surface area contributed by atoms with E-state index in [1.54, 1.807) is 6.08 Å². The summed E-state index contributed by atoms with van der Waals surface area (Å²) >= 11 is 0. The van der Waals surface area contributed by atoms with Crippen LogP contribution in [0.3, 0.4) is 0 Å². The Morgan fingerprint density at radius 2 is 1.64 bits per heavy atom. The lowest BCUT2D eigenvalue weighted by Gasteiger charge is -2.05. The minimum atomic E-state index is -0.371. The first-order valence-electron chi connectivity index (χ1n) is 7.01. The van der Waals surface area contributed by atoms with Crippen molar-refractivity contribution in [3.63, 3.8) is 0 Å². The minimum Gasteiger partial charge on any atom is -0.273 e. The molecule has 0 aliphatic heterocycles. The molecule has 4 heteroatoms. The lowest BCUT2D eigenvalue weighted by Crippen LogP contribution is -2.41. The van der Waals surface area contributed by atoms with Gasteiger partial charge in [0, 0.05) is 6.08 Å². The highest BCUT2D eigenvalue weighted by atomic mass is 16.2. The van der Waals surface area contributed by atoms with Crippen molar-refractivity contribution in [2.24, 2.45) is 0 Å². The molecule has 0 aromatic heterocycles. The van der Waals surface area contributed by atoms with E-state index < -0.39 is 0 Å². The first-order valence-corrected chi connectivity index (χ1v) is 7.01. The summed E-state index contributed by atoms with van der Waals surface area (Å²) in [4.78, 5) is 23.4. The third-order valence-corrected chi connectivity index (χ3v) is 3.14. The quantitative estimate of drug-likeness (QED) is 0.672. The predicted molar refractivity (Wildman–Crippen MR) is 86.6 cm³/mol. The second-order valence-electron chi connectivity index (χ2n) is 4.89. The largest absolute Gasteiger partial charge is 0.273 e. The molecule has 0 saturated carbocycles. The maximum Gasteiger partial charge on any atom is 0.262 e. The summed E-state index contributed by atoms with van der Waals surface area (Å²) in [5, 5.41) is 0. The number of benzene rings is 2.